The molecule has 0 fully saturated rings. The van der Waals surface area contributed by atoms with Crippen LogP contribution in [0.15, 0.2) is 42.5 Å². The number of hydrogen-bond donors (Lipinski definition) is 2. The zero-order valence-electron chi connectivity index (χ0n) is 17.1. The molecule has 0 bridgehead atoms. The number of fused-ring (bicyclic) bond motifs is 1. The van der Waals surface area contributed by atoms with Crippen LogP contribution in [-0.4, -0.2) is 24.3 Å². The lowest BCUT2D eigenvalue weighted by atomic mass is 10.1. The van der Waals surface area contributed by atoms with E-state index in [1.54, 1.807) is 17.9 Å². The van der Waals surface area contributed by atoms with Crippen molar-refractivity contribution < 1.29 is 14.4 Å². The van der Waals surface area contributed by atoms with Gasteiger partial charge in [-0.1, -0.05) is 26.0 Å². The van der Waals surface area contributed by atoms with Gasteiger partial charge < -0.3 is 15.5 Å². The minimum absolute atomic E-state index is 0.0325. The Kier molecular flexibility index (Phi) is 6.32. The Morgan fingerprint density at radius 2 is 1.76 bits per heavy atom. The van der Waals surface area contributed by atoms with Gasteiger partial charge in [-0.25, -0.2) is 0 Å². The first-order valence-corrected chi connectivity index (χ1v) is 10.1. The summed E-state index contributed by atoms with van der Waals surface area (Å²) in [6, 6.07) is 12.8. The van der Waals surface area contributed by atoms with Gasteiger partial charge in [-0.05, 0) is 54.8 Å². The first kappa shape index (κ1) is 20.6. The van der Waals surface area contributed by atoms with Gasteiger partial charge in [0.15, 0.2) is 0 Å². The first-order valence-electron chi connectivity index (χ1n) is 10.1. The molecule has 0 radical (unpaired) electrons. The maximum absolute atomic E-state index is 12.7. The van der Waals surface area contributed by atoms with Gasteiger partial charge in [0.25, 0.3) is 5.91 Å². The molecule has 3 rings (SSSR count). The number of carbonyl (C=O) groups excluding carboxylic acids is 3. The van der Waals surface area contributed by atoms with Crippen LogP contribution in [0.25, 0.3) is 0 Å². The third-order valence-corrected chi connectivity index (χ3v) is 5.20. The molecule has 1 aliphatic heterocycles. The summed E-state index contributed by atoms with van der Waals surface area (Å²) >= 11 is 0. The lowest BCUT2D eigenvalue weighted by Crippen LogP contribution is -2.28. The van der Waals surface area contributed by atoms with Crippen molar-refractivity contribution in [3.05, 3.63) is 59.2 Å². The summed E-state index contributed by atoms with van der Waals surface area (Å²) in [5.41, 5.74) is 4.22. The van der Waals surface area contributed by atoms with Crippen molar-refractivity contribution in [2.45, 2.75) is 46.1 Å². The second-order valence-electron chi connectivity index (χ2n) is 7.21. The molecule has 6 heteroatoms. The van der Waals surface area contributed by atoms with Crippen molar-refractivity contribution >= 4 is 29.1 Å². The van der Waals surface area contributed by atoms with Gasteiger partial charge in [-0.2, -0.15) is 0 Å². The van der Waals surface area contributed by atoms with Crippen molar-refractivity contribution in [3.63, 3.8) is 0 Å². The molecule has 0 spiro atoms. The molecule has 1 aliphatic rings. The molecule has 2 N–H and O–H groups in total. The van der Waals surface area contributed by atoms with Crippen molar-refractivity contribution in [2.75, 3.05) is 16.8 Å². The summed E-state index contributed by atoms with van der Waals surface area (Å²) in [5.74, 6) is -0.0769. The Labute approximate surface area is 171 Å². The van der Waals surface area contributed by atoms with Crippen LogP contribution in [0.3, 0.4) is 0 Å². The fraction of sp³-hybridized carbons (Fsp3) is 0.348. The number of carbonyl (C=O) groups is 3. The zero-order valence-corrected chi connectivity index (χ0v) is 17.1. The summed E-state index contributed by atoms with van der Waals surface area (Å²) in [6.07, 6.45) is 1.67. The molecule has 1 atom stereocenters. The van der Waals surface area contributed by atoms with Gasteiger partial charge in [0.05, 0.1) is 6.04 Å². The Balaban J connectivity index is 1.66. The molecule has 3 amide bonds. The molecule has 0 saturated heterocycles. The van der Waals surface area contributed by atoms with E-state index in [2.05, 4.69) is 10.6 Å². The minimum atomic E-state index is -0.176. The molecule has 0 saturated carbocycles. The van der Waals surface area contributed by atoms with E-state index in [0.717, 1.165) is 28.9 Å². The quantitative estimate of drug-likeness (QED) is 0.783. The van der Waals surface area contributed by atoms with Gasteiger partial charge in [0.1, 0.15) is 0 Å². The highest BCUT2D eigenvalue weighted by atomic mass is 16.2. The Hall–Kier alpha value is -3.15. The topological polar surface area (TPSA) is 78.5 Å². The molecule has 2 aromatic rings. The summed E-state index contributed by atoms with van der Waals surface area (Å²) in [6.45, 7) is 6.25. The number of nitrogens with zero attached hydrogens (tertiary/aromatic N) is 1. The lowest BCUT2D eigenvalue weighted by Gasteiger charge is -2.17. The largest absolute Gasteiger partial charge is 0.346 e. The van der Waals surface area contributed by atoms with Crippen molar-refractivity contribution in [2.24, 2.45) is 0 Å². The molecule has 1 heterocycles. The molecular weight excluding hydrogens is 366 g/mol. The number of benzene rings is 2. The smallest absolute Gasteiger partial charge is 0.251 e. The van der Waals surface area contributed by atoms with Gasteiger partial charge in [-0.3, -0.25) is 14.4 Å². The number of rotatable bonds is 6. The number of anilines is 2. The summed E-state index contributed by atoms with van der Waals surface area (Å²) in [7, 11) is 0. The highest BCUT2D eigenvalue weighted by Crippen LogP contribution is 2.29. The zero-order chi connectivity index (χ0) is 21.0. The van der Waals surface area contributed by atoms with E-state index in [1.807, 2.05) is 50.2 Å². The Morgan fingerprint density at radius 1 is 1.03 bits per heavy atom. The van der Waals surface area contributed by atoms with E-state index >= 15 is 0 Å². The Bertz CT molecular complexity index is 921. The van der Waals surface area contributed by atoms with Crippen LogP contribution in [-0.2, 0) is 16.0 Å². The van der Waals surface area contributed by atoms with E-state index in [0.29, 0.717) is 24.9 Å². The molecule has 29 heavy (non-hydrogen) atoms. The molecule has 0 aliphatic carbocycles. The van der Waals surface area contributed by atoms with Crippen LogP contribution in [0.4, 0.5) is 11.4 Å². The molecule has 6 nitrogen and oxygen atoms in total. The third-order valence-electron chi connectivity index (χ3n) is 5.20. The lowest BCUT2D eigenvalue weighted by molar-refractivity contribution is -0.118. The van der Waals surface area contributed by atoms with Crippen LogP contribution < -0.4 is 15.5 Å². The van der Waals surface area contributed by atoms with E-state index in [1.165, 1.54) is 0 Å². The van der Waals surface area contributed by atoms with Crippen molar-refractivity contribution in [3.8, 4) is 0 Å². The minimum Gasteiger partial charge on any atom is -0.346 e. The van der Waals surface area contributed by atoms with Crippen LogP contribution >= 0.6 is 0 Å². The molecule has 0 aromatic heterocycles. The molecule has 2 aromatic carbocycles. The van der Waals surface area contributed by atoms with Crippen LogP contribution in [0, 0.1) is 0 Å². The van der Waals surface area contributed by atoms with Crippen LogP contribution in [0.5, 0.6) is 0 Å². The van der Waals surface area contributed by atoms with E-state index in [4.69, 9.17) is 0 Å². The highest BCUT2D eigenvalue weighted by molar-refractivity contribution is 5.98. The SMILES string of the molecule is CCC(=O)Nc1ccc(C(C)NC(=O)c2ccc3c(c2)CCN3C(=O)CC)cc1. The monoisotopic (exact) mass is 393 g/mol. The molecule has 152 valence electrons. The fourth-order valence-corrected chi connectivity index (χ4v) is 3.46. The van der Waals surface area contributed by atoms with Gasteiger partial charge in [-0.15, -0.1) is 0 Å². The Morgan fingerprint density at radius 3 is 2.41 bits per heavy atom. The second kappa shape index (κ2) is 8.90. The summed E-state index contributed by atoms with van der Waals surface area (Å²) in [5, 5.41) is 5.82. The standard InChI is InChI=1S/C23H27N3O3/c1-4-21(27)25-19-9-6-16(7-10-19)15(3)24-23(29)18-8-11-20-17(14-18)12-13-26(20)22(28)5-2/h6-11,14-15H,4-5,12-13H2,1-3H3,(H,24,29)(H,25,27). The predicted octanol–water partition coefficient (Wildman–Crippen LogP) is 3.83. The molecular formula is C23H27N3O3. The fourth-order valence-electron chi connectivity index (χ4n) is 3.46. The maximum Gasteiger partial charge on any atom is 0.251 e. The third kappa shape index (κ3) is 4.65. The summed E-state index contributed by atoms with van der Waals surface area (Å²) in [4.78, 5) is 38.0. The van der Waals surface area contributed by atoms with Crippen molar-refractivity contribution in [1.29, 1.82) is 0 Å². The average molecular weight is 393 g/mol. The molecule has 1 unspecified atom stereocenters. The number of nitrogens with one attached hydrogen (secondary N) is 2. The first-order chi connectivity index (χ1) is 13.9. The van der Waals surface area contributed by atoms with Crippen LogP contribution in [0.2, 0.25) is 0 Å². The predicted molar refractivity (Wildman–Crippen MR) is 114 cm³/mol. The second-order valence-corrected chi connectivity index (χ2v) is 7.21. The van der Waals surface area contributed by atoms with Crippen molar-refractivity contribution in [1.82, 2.24) is 5.32 Å². The van der Waals surface area contributed by atoms with E-state index in [-0.39, 0.29) is 23.8 Å². The summed E-state index contributed by atoms with van der Waals surface area (Å²) < 4.78 is 0. The normalized spacial score (nSPS) is 13.6. The van der Waals surface area contributed by atoms with Gasteiger partial charge >= 0.3 is 0 Å². The number of amides is 3. The van der Waals surface area contributed by atoms with E-state index in [9.17, 15) is 14.4 Å². The highest BCUT2D eigenvalue weighted by Gasteiger charge is 2.24. The van der Waals surface area contributed by atoms with Crippen LogP contribution in [0.1, 0.15) is 61.1 Å². The van der Waals surface area contributed by atoms with Gasteiger partial charge in [0, 0.05) is 36.3 Å². The number of hydrogen-bond acceptors (Lipinski definition) is 3. The van der Waals surface area contributed by atoms with E-state index < -0.39 is 0 Å². The maximum atomic E-state index is 12.7. The van der Waals surface area contributed by atoms with Gasteiger partial charge in [0.2, 0.25) is 11.8 Å². The average Bonchev–Trinajstić information content (AvgIpc) is 3.16.